The number of aliphatic hydroxyl groups excluding tert-OH is 3. The third kappa shape index (κ3) is 5.10. The molecule has 0 amide bonds. The van der Waals surface area contributed by atoms with E-state index in [-0.39, 0.29) is 29.4 Å². The molecule has 47 heavy (non-hydrogen) atoms. The molecule has 13 heteroatoms. The summed E-state index contributed by atoms with van der Waals surface area (Å²) < 4.78 is 46.2. The van der Waals surface area contributed by atoms with E-state index in [0.717, 1.165) is 0 Å². The molecule has 252 valence electrons. The number of carbonyl (C=O) groups excluding carboxylic acids is 1. The first-order valence-electron chi connectivity index (χ1n) is 15.0. The van der Waals surface area contributed by atoms with Crippen molar-refractivity contribution in [3.63, 3.8) is 0 Å². The molecule has 13 nitrogen and oxygen atoms in total. The van der Waals surface area contributed by atoms with Crippen LogP contribution in [-0.2, 0) is 34.9 Å². The average Bonchev–Trinajstić information content (AvgIpc) is 3.49. The van der Waals surface area contributed by atoms with Crippen LogP contribution >= 0.6 is 0 Å². The molecular weight excluding hydrogens is 616 g/mol. The summed E-state index contributed by atoms with van der Waals surface area (Å²) in [6, 6.07) is 18.8. The molecule has 3 aromatic rings. The molecule has 0 unspecified atom stereocenters. The predicted molar refractivity (Wildman–Crippen MR) is 162 cm³/mol. The third-order valence-corrected chi connectivity index (χ3v) is 9.25. The summed E-state index contributed by atoms with van der Waals surface area (Å²) in [6.07, 6.45) is -6.03. The number of aliphatic hydroxyl groups is 4. The largest absolute Gasteiger partial charge is 0.497 e. The lowest BCUT2D eigenvalue weighted by atomic mass is 9.70. The minimum absolute atomic E-state index is 0.0474. The third-order valence-electron chi connectivity index (χ3n) is 9.25. The maximum atomic E-state index is 13.5. The molecule has 2 fully saturated rings. The van der Waals surface area contributed by atoms with Gasteiger partial charge in [0.2, 0.25) is 6.29 Å². The number of rotatable bonds is 10. The minimum Gasteiger partial charge on any atom is -0.497 e. The van der Waals surface area contributed by atoms with Gasteiger partial charge >= 0.3 is 5.97 Å². The molecule has 1 saturated heterocycles. The number of fused-ring (bicyclic) bond motifs is 3. The molecule has 0 bridgehead atoms. The van der Waals surface area contributed by atoms with Crippen LogP contribution in [0.25, 0.3) is 0 Å². The Kier molecular flexibility index (Phi) is 9.06. The molecule has 2 heterocycles. The van der Waals surface area contributed by atoms with Gasteiger partial charge in [0.1, 0.15) is 41.3 Å². The Bertz CT molecular complexity index is 1570. The summed E-state index contributed by atoms with van der Waals surface area (Å²) >= 11 is 0. The molecule has 1 saturated carbocycles. The van der Waals surface area contributed by atoms with Gasteiger partial charge in [0, 0.05) is 25.2 Å². The Morgan fingerprint density at radius 1 is 0.979 bits per heavy atom. The SMILES string of the molecule is COC(=O)[C@@H]1[C@@H](c2ccccc2)[C@]2(c3ccc(OC)cc3)Oc3cc(O[C@H]4O[C@@H]([C@@H](O)CO)CO[C@H]4OC)cc(OC)c3[C@]2(O)[C@H]1O. The minimum atomic E-state index is -2.25. The van der Waals surface area contributed by atoms with E-state index >= 15 is 0 Å². The fraction of sp³-hybridized carbons (Fsp3) is 0.441. The smallest absolute Gasteiger partial charge is 0.312 e. The molecule has 9 atom stereocenters. The molecule has 2 aliphatic heterocycles. The summed E-state index contributed by atoms with van der Waals surface area (Å²) in [7, 11) is 5.54. The maximum Gasteiger partial charge on any atom is 0.312 e. The van der Waals surface area contributed by atoms with Crippen molar-refractivity contribution in [1.29, 1.82) is 0 Å². The van der Waals surface area contributed by atoms with E-state index in [2.05, 4.69) is 0 Å². The quantitative estimate of drug-likeness (QED) is 0.233. The number of hydrogen-bond acceptors (Lipinski definition) is 13. The fourth-order valence-corrected chi connectivity index (χ4v) is 7.11. The second-order valence-corrected chi connectivity index (χ2v) is 11.6. The monoisotopic (exact) mass is 654 g/mol. The van der Waals surface area contributed by atoms with Crippen LogP contribution in [0.3, 0.4) is 0 Å². The van der Waals surface area contributed by atoms with Gasteiger partial charge in [0.25, 0.3) is 6.29 Å². The second-order valence-electron chi connectivity index (χ2n) is 11.6. The Morgan fingerprint density at radius 3 is 2.32 bits per heavy atom. The number of benzene rings is 3. The van der Waals surface area contributed by atoms with E-state index in [9.17, 15) is 25.2 Å². The van der Waals surface area contributed by atoms with Crippen LogP contribution in [0.2, 0.25) is 0 Å². The fourth-order valence-electron chi connectivity index (χ4n) is 7.11. The summed E-state index contributed by atoms with van der Waals surface area (Å²) in [5.74, 6) is -2.05. The number of esters is 1. The number of methoxy groups -OCH3 is 4. The second kappa shape index (κ2) is 12.9. The van der Waals surface area contributed by atoms with Crippen molar-refractivity contribution < 1.29 is 63.1 Å². The lowest BCUT2D eigenvalue weighted by Gasteiger charge is -2.40. The van der Waals surface area contributed by atoms with E-state index in [1.165, 1.54) is 40.6 Å². The van der Waals surface area contributed by atoms with E-state index in [0.29, 0.717) is 16.9 Å². The van der Waals surface area contributed by atoms with Crippen LogP contribution in [0.4, 0.5) is 0 Å². The summed E-state index contributed by atoms with van der Waals surface area (Å²) in [4.78, 5) is 13.5. The predicted octanol–water partition coefficient (Wildman–Crippen LogP) is 1.57. The lowest BCUT2D eigenvalue weighted by Crippen LogP contribution is -2.52. The van der Waals surface area contributed by atoms with Gasteiger partial charge in [-0.1, -0.05) is 42.5 Å². The zero-order valence-corrected chi connectivity index (χ0v) is 26.3. The Labute approximate surface area is 271 Å². The van der Waals surface area contributed by atoms with Gasteiger partial charge in [0.15, 0.2) is 11.2 Å². The standard InChI is InChI=1S/C34H38O13/c1-40-20-12-10-19(11-13-20)34-27(18-8-6-5-7-9-18)26(30(38)42-3)29(37)33(34,39)28-23(41-2)14-21(15-24(28)47-34)45-32-31(43-4)44-17-25(46-32)22(36)16-35/h5-15,22,25-27,29,31-32,35-37,39H,16-17H2,1-4H3/t22-,25+,26+,27+,29-,31+,32-,33-,34-/m0/s1. The number of hydrogen-bond donors (Lipinski definition) is 4. The van der Waals surface area contributed by atoms with Crippen LogP contribution in [0.1, 0.15) is 22.6 Å². The zero-order valence-electron chi connectivity index (χ0n) is 26.3. The first-order chi connectivity index (χ1) is 22.7. The van der Waals surface area contributed by atoms with Gasteiger partial charge in [0.05, 0.1) is 46.0 Å². The van der Waals surface area contributed by atoms with Crippen molar-refractivity contribution in [3.8, 4) is 23.0 Å². The van der Waals surface area contributed by atoms with E-state index in [4.69, 9.17) is 37.9 Å². The normalized spacial score (nSPS) is 31.7. The zero-order chi connectivity index (χ0) is 33.5. The van der Waals surface area contributed by atoms with Crippen LogP contribution < -0.4 is 18.9 Å². The van der Waals surface area contributed by atoms with Crippen molar-refractivity contribution in [2.75, 3.05) is 41.7 Å². The molecule has 3 aromatic carbocycles. The average molecular weight is 655 g/mol. The lowest BCUT2D eigenvalue weighted by molar-refractivity contribution is -0.324. The summed E-state index contributed by atoms with van der Waals surface area (Å²) in [5, 5.41) is 44.7. The van der Waals surface area contributed by atoms with Crippen molar-refractivity contribution in [2.45, 2.75) is 48.0 Å². The number of carbonyl (C=O) groups is 1. The molecule has 0 aromatic heterocycles. The summed E-state index contributed by atoms with van der Waals surface area (Å²) in [5.41, 5.74) is -2.88. The van der Waals surface area contributed by atoms with E-state index in [1.807, 2.05) is 6.07 Å². The molecule has 6 rings (SSSR count). The van der Waals surface area contributed by atoms with Crippen molar-refractivity contribution in [2.24, 2.45) is 5.92 Å². The van der Waals surface area contributed by atoms with Gasteiger partial charge in [-0.15, -0.1) is 0 Å². The van der Waals surface area contributed by atoms with Crippen molar-refractivity contribution >= 4 is 5.97 Å². The first kappa shape index (κ1) is 33.0. The highest BCUT2D eigenvalue weighted by atomic mass is 16.8. The number of ether oxygens (including phenoxy) is 8. The van der Waals surface area contributed by atoms with Gasteiger partial charge in [-0.2, -0.15) is 0 Å². The van der Waals surface area contributed by atoms with Crippen LogP contribution in [0, 0.1) is 5.92 Å². The Balaban J connectivity index is 1.52. The Morgan fingerprint density at radius 2 is 1.70 bits per heavy atom. The summed E-state index contributed by atoms with van der Waals surface area (Å²) in [6.45, 7) is -0.601. The molecular formula is C34H38O13. The van der Waals surface area contributed by atoms with Crippen molar-refractivity contribution in [1.82, 2.24) is 0 Å². The maximum absolute atomic E-state index is 13.5. The first-order valence-corrected chi connectivity index (χ1v) is 15.0. The topological polar surface area (TPSA) is 172 Å². The molecule has 1 aliphatic carbocycles. The molecule has 4 N–H and O–H groups in total. The molecule has 0 spiro atoms. The highest BCUT2D eigenvalue weighted by Gasteiger charge is 2.78. The van der Waals surface area contributed by atoms with E-state index < -0.39 is 66.5 Å². The van der Waals surface area contributed by atoms with Gasteiger partial charge in [-0.3, -0.25) is 4.79 Å². The van der Waals surface area contributed by atoms with Crippen molar-refractivity contribution in [3.05, 3.63) is 83.4 Å². The molecule has 0 radical (unpaired) electrons. The molecule has 3 aliphatic rings. The van der Waals surface area contributed by atoms with Gasteiger partial charge < -0.3 is 58.3 Å². The highest BCUT2D eigenvalue weighted by molar-refractivity contribution is 5.78. The van der Waals surface area contributed by atoms with Gasteiger partial charge in [-0.25, -0.2) is 0 Å². The van der Waals surface area contributed by atoms with Gasteiger partial charge in [-0.05, 0) is 23.3 Å². The highest BCUT2D eigenvalue weighted by Crippen LogP contribution is 2.70. The Hall–Kier alpha value is -3.95. The van der Waals surface area contributed by atoms with Crippen LogP contribution in [0.5, 0.6) is 23.0 Å². The van der Waals surface area contributed by atoms with Crippen LogP contribution in [0.15, 0.2) is 66.7 Å². The van der Waals surface area contributed by atoms with E-state index in [1.54, 1.807) is 48.5 Å². The van der Waals surface area contributed by atoms with Crippen LogP contribution in [-0.4, -0.2) is 98.9 Å².